The molecular weight excluding hydrogens is 216 g/mol. The molecule has 3 heteroatoms. The third-order valence-electron chi connectivity index (χ3n) is 3.57. The molecule has 0 saturated heterocycles. The van der Waals surface area contributed by atoms with Crippen LogP contribution in [0.5, 0.6) is 0 Å². The summed E-state index contributed by atoms with van der Waals surface area (Å²) in [5.41, 5.74) is 0.622. The van der Waals surface area contributed by atoms with Gasteiger partial charge in [-0.2, -0.15) is 0 Å². The number of esters is 1. The Kier molecular flexibility index (Phi) is 6.27. The van der Waals surface area contributed by atoms with Gasteiger partial charge in [-0.25, -0.2) is 4.79 Å². The second kappa shape index (κ2) is 7.49. The van der Waals surface area contributed by atoms with Crippen LogP contribution in [-0.4, -0.2) is 25.8 Å². The van der Waals surface area contributed by atoms with Crippen molar-refractivity contribution >= 4 is 5.97 Å². The number of rotatable bonds is 5. The van der Waals surface area contributed by atoms with Gasteiger partial charge in [0.05, 0.1) is 19.8 Å². The molecule has 0 aliphatic heterocycles. The summed E-state index contributed by atoms with van der Waals surface area (Å²) in [6.45, 7) is 4.50. The number of hydrogen-bond donors (Lipinski definition) is 0. The van der Waals surface area contributed by atoms with Gasteiger partial charge in [-0.3, -0.25) is 0 Å². The highest BCUT2D eigenvalue weighted by Gasteiger charge is 2.23. The van der Waals surface area contributed by atoms with Crippen molar-refractivity contribution < 1.29 is 14.3 Å². The fraction of sp³-hybridized carbons (Fsp3) is 0.786. The van der Waals surface area contributed by atoms with Crippen molar-refractivity contribution in [1.82, 2.24) is 0 Å². The maximum absolute atomic E-state index is 11.2. The zero-order chi connectivity index (χ0) is 12.7. The largest absolute Gasteiger partial charge is 0.466 e. The van der Waals surface area contributed by atoms with Crippen LogP contribution in [0, 0.1) is 5.92 Å². The fourth-order valence-electron chi connectivity index (χ4n) is 2.40. The lowest BCUT2D eigenvalue weighted by molar-refractivity contribution is -0.136. The molecule has 0 spiro atoms. The molecule has 0 aromatic carbocycles. The first kappa shape index (κ1) is 14.2. The van der Waals surface area contributed by atoms with Gasteiger partial charge in [-0.15, -0.1) is 0 Å². The lowest BCUT2D eigenvalue weighted by Gasteiger charge is -2.30. The summed E-state index contributed by atoms with van der Waals surface area (Å²) < 4.78 is 10.5. The molecule has 2 atom stereocenters. The average Bonchev–Trinajstić information content (AvgIpc) is 2.38. The van der Waals surface area contributed by atoms with Gasteiger partial charge in [0, 0.05) is 5.57 Å². The average molecular weight is 240 g/mol. The molecule has 1 rings (SSSR count). The van der Waals surface area contributed by atoms with E-state index in [9.17, 15) is 4.79 Å². The summed E-state index contributed by atoms with van der Waals surface area (Å²) in [7, 11) is 1.40. The van der Waals surface area contributed by atoms with Crippen LogP contribution in [0.3, 0.4) is 0 Å². The second-order valence-corrected chi connectivity index (χ2v) is 4.70. The minimum absolute atomic E-state index is 0.274. The number of methoxy groups -OCH3 is 1. The zero-order valence-electron chi connectivity index (χ0n) is 11.2. The van der Waals surface area contributed by atoms with E-state index in [-0.39, 0.29) is 5.97 Å². The van der Waals surface area contributed by atoms with Gasteiger partial charge < -0.3 is 9.47 Å². The van der Waals surface area contributed by atoms with Crippen LogP contribution in [-0.2, 0) is 14.3 Å². The highest BCUT2D eigenvalue weighted by Crippen LogP contribution is 2.29. The Morgan fingerprint density at radius 1 is 1.35 bits per heavy atom. The Morgan fingerprint density at radius 2 is 2.06 bits per heavy atom. The van der Waals surface area contributed by atoms with Gasteiger partial charge in [-0.1, -0.05) is 26.2 Å². The first-order valence-corrected chi connectivity index (χ1v) is 6.55. The predicted molar refractivity (Wildman–Crippen MR) is 67.8 cm³/mol. The molecule has 1 aliphatic rings. The van der Waals surface area contributed by atoms with Gasteiger partial charge >= 0.3 is 5.97 Å². The Hall–Kier alpha value is -0.830. The molecule has 0 heterocycles. The predicted octanol–water partition coefficient (Wildman–Crippen LogP) is 3.09. The zero-order valence-corrected chi connectivity index (χ0v) is 11.2. The molecule has 17 heavy (non-hydrogen) atoms. The molecule has 2 unspecified atom stereocenters. The normalized spacial score (nSPS) is 25.7. The number of carbonyl (C=O) groups is 1. The van der Waals surface area contributed by atoms with Crippen LogP contribution in [0.1, 0.15) is 46.0 Å². The summed E-state index contributed by atoms with van der Waals surface area (Å²) in [6.07, 6.45) is 8.40. The molecule has 0 radical (unpaired) electrons. The van der Waals surface area contributed by atoms with Crippen LogP contribution in [0.25, 0.3) is 0 Å². The van der Waals surface area contributed by atoms with E-state index in [1.165, 1.54) is 32.8 Å². The van der Waals surface area contributed by atoms with Gasteiger partial charge in [0.2, 0.25) is 0 Å². The van der Waals surface area contributed by atoms with E-state index < -0.39 is 0 Å². The summed E-state index contributed by atoms with van der Waals surface area (Å²) >= 11 is 0. The lowest BCUT2D eigenvalue weighted by Crippen LogP contribution is -2.27. The quantitative estimate of drug-likeness (QED) is 0.547. The van der Waals surface area contributed by atoms with Crippen LogP contribution in [0.4, 0.5) is 0 Å². The highest BCUT2D eigenvalue weighted by molar-refractivity contribution is 5.87. The van der Waals surface area contributed by atoms with Gasteiger partial charge in [0.15, 0.2) is 0 Å². The van der Waals surface area contributed by atoms with Crippen molar-refractivity contribution in [3.8, 4) is 0 Å². The molecule has 0 N–H and O–H groups in total. The Labute approximate surface area is 104 Å². The van der Waals surface area contributed by atoms with Crippen LogP contribution in [0.2, 0.25) is 0 Å². The summed E-state index contributed by atoms with van der Waals surface area (Å²) in [4.78, 5) is 11.2. The number of ether oxygens (including phenoxy) is 2. The van der Waals surface area contributed by atoms with Gasteiger partial charge in [0.25, 0.3) is 0 Å². The van der Waals surface area contributed by atoms with Crippen molar-refractivity contribution in [2.24, 2.45) is 5.92 Å². The standard InChI is InChI=1S/C14H24O3/c1-4-12-7-5-6-8-13(12)17-10-9-11(2)14(15)16-3/h9,12-13H,4-8,10H2,1-3H3. The minimum Gasteiger partial charge on any atom is -0.466 e. The topological polar surface area (TPSA) is 35.5 Å². The minimum atomic E-state index is -0.274. The van der Waals surface area contributed by atoms with Crippen LogP contribution >= 0.6 is 0 Å². The monoisotopic (exact) mass is 240 g/mol. The van der Waals surface area contributed by atoms with E-state index in [1.807, 2.05) is 6.08 Å². The first-order chi connectivity index (χ1) is 8.19. The third-order valence-corrected chi connectivity index (χ3v) is 3.57. The van der Waals surface area contributed by atoms with Crippen molar-refractivity contribution in [3.63, 3.8) is 0 Å². The van der Waals surface area contributed by atoms with E-state index in [0.29, 0.717) is 24.2 Å². The van der Waals surface area contributed by atoms with Crippen molar-refractivity contribution in [2.75, 3.05) is 13.7 Å². The van der Waals surface area contributed by atoms with Crippen molar-refractivity contribution in [1.29, 1.82) is 0 Å². The molecule has 0 aromatic rings. The van der Waals surface area contributed by atoms with E-state index >= 15 is 0 Å². The molecular formula is C14H24O3. The Balaban J connectivity index is 2.36. The first-order valence-electron chi connectivity index (χ1n) is 6.55. The number of hydrogen-bond acceptors (Lipinski definition) is 3. The van der Waals surface area contributed by atoms with E-state index in [1.54, 1.807) is 6.92 Å². The third kappa shape index (κ3) is 4.50. The lowest BCUT2D eigenvalue weighted by atomic mass is 9.85. The van der Waals surface area contributed by atoms with Gasteiger partial charge in [0.1, 0.15) is 0 Å². The Bertz CT molecular complexity index is 271. The molecule has 1 fully saturated rings. The van der Waals surface area contributed by atoms with Crippen LogP contribution in [0.15, 0.2) is 11.6 Å². The second-order valence-electron chi connectivity index (χ2n) is 4.70. The molecule has 1 aliphatic carbocycles. The molecule has 1 saturated carbocycles. The summed E-state index contributed by atoms with van der Waals surface area (Å²) in [6, 6.07) is 0. The van der Waals surface area contributed by atoms with Gasteiger partial charge in [-0.05, 0) is 31.8 Å². The molecule has 98 valence electrons. The smallest absolute Gasteiger partial charge is 0.333 e. The molecule has 3 nitrogen and oxygen atoms in total. The van der Waals surface area contributed by atoms with E-state index in [2.05, 4.69) is 11.7 Å². The highest BCUT2D eigenvalue weighted by atomic mass is 16.5. The molecule has 0 aromatic heterocycles. The molecule has 0 amide bonds. The summed E-state index contributed by atoms with van der Waals surface area (Å²) in [5.74, 6) is 0.417. The van der Waals surface area contributed by atoms with Crippen molar-refractivity contribution in [3.05, 3.63) is 11.6 Å². The SMILES string of the molecule is CCC1CCCCC1OCC=C(C)C(=O)OC. The van der Waals surface area contributed by atoms with Crippen LogP contribution < -0.4 is 0 Å². The van der Waals surface area contributed by atoms with E-state index in [4.69, 9.17) is 4.74 Å². The maximum atomic E-state index is 11.2. The fourth-order valence-corrected chi connectivity index (χ4v) is 2.40. The maximum Gasteiger partial charge on any atom is 0.333 e. The Morgan fingerprint density at radius 3 is 2.71 bits per heavy atom. The van der Waals surface area contributed by atoms with Crippen molar-refractivity contribution in [2.45, 2.75) is 52.1 Å². The van der Waals surface area contributed by atoms with E-state index in [0.717, 1.165) is 6.42 Å². The molecule has 0 bridgehead atoms. The number of carbonyl (C=O) groups excluding carboxylic acids is 1. The summed E-state index contributed by atoms with van der Waals surface area (Å²) in [5, 5.41) is 0.